The fourth-order valence-corrected chi connectivity index (χ4v) is 5.88. The third kappa shape index (κ3) is 7.51. The molecule has 1 heterocycles. The number of alkyl carbamates (subject to hydrolysis) is 1. The highest BCUT2D eigenvalue weighted by Gasteiger charge is 2.41. The van der Waals surface area contributed by atoms with E-state index in [1.807, 2.05) is 39.0 Å². The van der Waals surface area contributed by atoms with Crippen molar-refractivity contribution in [3.05, 3.63) is 41.1 Å². The second kappa shape index (κ2) is 12.5. The van der Waals surface area contributed by atoms with Crippen molar-refractivity contribution < 1.29 is 19.4 Å². The zero-order valence-electron chi connectivity index (χ0n) is 23.3. The van der Waals surface area contributed by atoms with Crippen LogP contribution in [0.25, 0.3) is 0 Å². The summed E-state index contributed by atoms with van der Waals surface area (Å²) >= 11 is 0. The van der Waals surface area contributed by atoms with E-state index in [2.05, 4.69) is 32.0 Å². The summed E-state index contributed by atoms with van der Waals surface area (Å²) in [5, 5.41) is 28.9. The van der Waals surface area contributed by atoms with Gasteiger partial charge in [-0.15, -0.1) is 0 Å². The molecule has 10 heteroatoms. The number of carbonyl (C=O) groups is 1. The number of nitrogens with one attached hydrogen (secondary N) is 3. The fraction of sp³-hybridized carbons (Fsp3) is 0.586. The average Bonchev–Trinajstić information content (AvgIpc) is 2.89. The number of aromatic nitrogens is 2. The standard InChI is InChI=1S/C29H40N6O4/c1-29(2,3)39-28(37)34-25-20-6-5-7-21(25)12-19(11-20)14-31-26-23(13-30)16-33-27(35-26)32-15-22-10-18(17-36)8-9-24(22)38-4/h8-10,16,19-21,25,36H,5-7,11-12,14-15,17H2,1-4H3,(H,34,37)(H2,31,32,33,35)/t19?,20-,21+,25?. The first-order chi connectivity index (χ1) is 18.7. The molecular weight excluding hydrogens is 496 g/mol. The quantitative estimate of drug-likeness (QED) is 0.362. The van der Waals surface area contributed by atoms with Crippen LogP contribution in [0.4, 0.5) is 16.6 Å². The Hall–Kier alpha value is -3.58. The molecule has 1 amide bonds. The summed E-state index contributed by atoms with van der Waals surface area (Å²) in [4.78, 5) is 21.3. The summed E-state index contributed by atoms with van der Waals surface area (Å²) in [5.74, 6) is 2.86. The molecule has 2 saturated carbocycles. The van der Waals surface area contributed by atoms with Crippen molar-refractivity contribution in [2.75, 3.05) is 24.3 Å². The summed E-state index contributed by atoms with van der Waals surface area (Å²) in [5.41, 5.74) is 1.53. The molecule has 2 aromatic rings. The van der Waals surface area contributed by atoms with Crippen LogP contribution in [0.5, 0.6) is 5.75 Å². The van der Waals surface area contributed by atoms with Crippen LogP contribution in [0.15, 0.2) is 24.4 Å². The number of aliphatic hydroxyl groups is 1. The molecule has 2 aliphatic rings. The first kappa shape index (κ1) is 28.4. The third-order valence-electron chi connectivity index (χ3n) is 7.55. The number of amides is 1. The number of nitrogens with zero attached hydrogens (tertiary/aromatic N) is 3. The van der Waals surface area contributed by atoms with Crippen molar-refractivity contribution >= 4 is 17.9 Å². The lowest BCUT2D eigenvalue weighted by molar-refractivity contribution is 0.0324. The van der Waals surface area contributed by atoms with E-state index in [9.17, 15) is 15.2 Å². The van der Waals surface area contributed by atoms with Crippen LogP contribution < -0.4 is 20.7 Å². The van der Waals surface area contributed by atoms with Gasteiger partial charge in [0.05, 0.1) is 19.9 Å². The minimum atomic E-state index is -0.514. The van der Waals surface area contributed by atoms with Crippen molar-refractivity contribution in [1.82, 2.24) is 15.3 Å². The summed E-state index contributed by atoms with van der Waals surface area (Å²) in [6, 6.07) is 7.84. The van der Waals surface area contributed by atoms with E-state index in [1.54, 1.807) is 7.11 Å². The molecule has 1 aromatic carbocycles. The molecule has 2 unspecified atom stereocenters. The predicted octanol–water partition coefficient (Wildman–Crippen LogP) is 4.59. The van der Waals surface area contributed by atoms with E-state index in [1.165, 1.54) is 12.6 Å². The van der Waals surface area contributed by atoms with Gasteiger partial charge >= 0.3 is 6.09 Å². The molecule has 0 saturated heterocycles. The Kier molecular flexibility index (Phi) is 9.12. The molecular formula is C29H40N6O4. The lowest BCUT2D eigenvalue weighted by Gasteiger charge is -2.46. The molecule has 10 nitrogen and oxygen atoms in total. The smallest absolute Gasteiger partial charge is 0.407 e. The lowest BCUT2D eigenvalue weighted by Crippen LogP contribution is -2.52. The highest BCUT2D eigenvalue weighted by Crippen LogP contribution is 2.43. The Morgan fingerprint density at radius 2 is 1.95 bits per heavy atom. The van der Waals surface area contributed by atoms with Crippen molar-refractivity contribution in [3.8, 4) is 11.8 Å². The molecule has 2 fully saturated rings. The van der Waals surface area contributed by atoms with Crippen LogP contribution >= 0.6 is 0 Å². The van der Waals surface area contributed by atoms with Crippen molar-refractivity contribution in [3.63, 3.8) is 0 Å². The van der Waals surface area contributed by atoms with Gasteiger partial charge in [0.15, 0.2) is 0 Å². The number of rotatable bonds is 9. The van der Waals surface area contributed by atoms with Gasteiger partial charge in [0.2, 0.25) is 5.95 Å². The fourth-order valence-electron chi connectivity index (χ4n) is 5.88. The van der Waals surface area contributed by atoms with E-state index >= 15 is 0 Å². The number of methoxy groups -OCH3 is 1. The van der Waals surface area contributed by atoms with Gasteiger partial charge in [-0.1, -0.05) is 12.5 Å². The normalized spacial score (nSPS) is 22.4. The highest BCUT2D eigenvalue weighted by molar-refractivity contribution is 5.68. The maximum atomic E-state index is 12.4. The second-order valence-corrected chi connectivity index (χ2v) is 11.6. The maximum absolute atomic E-state index is 12.4. The number of carbonyl (C=O) groups excluding carboxylic acids is 1. The lowest BCUT2D eigenvalue weighted by atomic mass is 9.64. The minimum Gasteiger partial charge on any atom is -0.496 e. The van der Waals surface area contributed by atoms with Gasteiger partial charge < -0.3 is 30.5 Å². The van der Waals surface area contributed by atoms with E-state index < -0.39 is 5.60 Å². The number of hydrogen-bond acceptors (Lipinski definition) is 9. The van der Waals surface area contributed by atoms with Gasteiger partial charge in [0, 0.05) is 24.7 Å². The third-order valence-corrected chi connectivity index (χ3v) is 7.55. The van der Waals surface area contributed by atoms with Crippen LogP contribution in [-0.4, -0.2) is 46.5 Å². The maximum Gasteiger partial charge on any atom is 0.407 e. The number of ether oxygens (including phenoxy) is 2. The van der Waals surface area contributed by atoms with Crippen LogP contribution in [0.2, 0.25) is 0 Å². The summed E-state index contributed by atoms with van der Waals surface area (Å²) in [6.45, 7) is 6.69. The molecule has 4 rings (SSSR count). The van der Waals surface area contributed by atoms with E-state index in [-0.39, 0.29) is 18.7 Å². The van der Waals surface area contributed by atoms with Crippen molar-refractivity contribution in [2.45, 2.75) is 77.7 Å². The molecule has 0 aliphatic heterocycles. The predicted molar refractivity (Wildman–Crippen MR) is 148 cm³/mol. The first-order valence-corrected chi connectivity index (χ1v) is 13.7. The number of aliphatic hydroxyl groups excluding tert-OH is 1. The number of benzene rings is 1. The van der Waals surface area contributed by atoms with E-state index in [4.69, 9.17) is 9.47 Å². The number of anilines is 2. The summed E-state index contributed by atoms with van der Waals surface area (Å²) in [6.07, 6.45) is 6.58. The first-order valence-electron chi connectivity index (χ1n) is 13.7. The van der Waals surface area contributed by atoms with Gasteiger partial charge in [-0.2, -0.15) is 10.2 Å². The van der Waals surface area contributed by atoms with Gasteiger partial charge in [0.25, 0.3) is 0 Å². The molecule has 39 heavy (non-hydrogen) atoms. The summed E-state index contributed by atoms with van der Waals surface area (Å²) < 4.78 is 10.9. The van der Waals surface area contributed by atoms with Gasteiger partial charge in [0.1, 0.15) is 28.8 Å². The largest absolute Gasteiger partial charge is 0.496 e. The Balaban J connectivity index is 1.37. The number of hydrogen-bond donors (Lipinski definition) is 4. The van der Waals surface area contributed by atoms with E-state index in [0.29, 0.717) is 53.9 Å². The SMILES string of the molecule is COc1ccc(CO)cc1CNc1ncc(C#N)c(NCC2C[C@H]3CCC[C@@H](C2)C3NC(=O)OC(C)(C)C)n1. The highest BCUT2D eigenvalue weighted by atomic mass is 16.6. The zero-order valence-corrected chi connectivity index (χ0v) is 23.3. The Morgan fingerprint density at radius 1 is 1.21 bits per heavy atom. The van der Waals surface area contributed by atoms with Crippen LogP contribution in [0.3, 0.4) is 0 Å². The van der Waals surface area contributed by atoms with Crippen molar-refractivity contribution in [2.24, 2.45) is 17.8 Å². The van der Waals surface area contributed by atoms with Gasteiger partial charge in [-0.25, -0.2) is 9.78 Å². The monoisotopic (exact) mass is 536 g/mol. The average molecular weight is 537 g/mol. The summed E-state index contributed by atoms with van der Waals surface area (Å²) in [7, 11) is 1.60. The molecule has 2 aliphatic carbocycles. The van der Waals surface area contributed by atoms with Crippen LogP contribution in [-0.2, 0) is 17.9 Å². The van der Waals surface area contributed by atoms with Gasteiger partial charge in [-0.3, -0.25) is 0 Å². The minimum absolute atomic E-state index is 0.0564. The van der Waals surface area contributed by atoms with Gasteiger partial charge in [-0.05, 0) is 81.9 Å². The zero-order chi connectivity index (χ0) is 28.0. The molecule has 210 valence electrons. The van der Waals surface area contributed by atoms with Crippen molar-refractivity contribution in [1.29, 1.82) is 5.26 Å². The molecule has 2 bridgehead atoms. The topological polar surface area (TPSA) is 141 Å². The molecule has 0 radical (unpaired) electrons. The molecule has 4 N–H and O–H groups in total. The second-order valence-electron chi connectivity index (χ2n) is 11.6. The molecule has 4 atom stereocenters. The Morgan fingerprint density at radius 3 is 2.59 bits per heavy atom. The molecule has 1 aromatic heterocycles. The van der Waals surface area contributed by atoms with Crippen LogP contribution in [0, 0.1) is 29.1 Å². The number of nitriles is 1. The Labute approximate surface area is 230 Å². The number of fused-ring (bicyclic) bond motifs is 2. The van der Waals surface area contributed by atoms with E-state index in [0.717, 1.165) is 36.8 Å². The van der Waals surface area contributed by atoms with Crippen LogP contribution in [0.1, 0.15) is 69.6 Å². The Bertz CT molecular complexity index is 1180. The molecule has 0 spiro atoms.